The van der Waals surface area contributed by atoms with Gasteiger partial charge in [-0.15, -0.1) is 0 Å². The van der Waals surface area contributed by atoms with Gasteiger partial charge in [0, 0.05) is 24.2 Å². The van der Waals surface area contributed by atoms with Gasteiger partial charge in [0.2, 0.25) is 5.95 Å². The van der Waals surface area contributed by atoms with Gasteiger partial charge >= 0.3 is 0 Å². The maximum absolute atomic E-state index is 12.7. The molecular formula is C12H15FN2. The van der Waals surface area contributed by atoms with Gasteiger partial charge in [-0.2, -0.15) is 4.39 Å². The minimum Gasteiger partial charge on any atom is -0.311 e. The molecule has 0 spiro atoms. The van der Waals surface area contributed by atoms with E-state index in [0.29, 0.717) is 18.0 Å². The van der Waals surface area contributed by atoms with Gasteiger partial charge in [0.25, 0.3) is 0 Å². The van der Waals surface area contributed by atoms with Crippen molar-refractivity contribution in [3.63, 3.8) is 0 Å². The van der Waals surface area contributed by atoms with Crippen molar-refractivity contribution in [3.05, 3.63) is 29.8 Å². The average Bonchev–Trinajstić information content (AvgIpc) is 2.55. The fourth-order valence-corrected chi connectivity index (χ4v) is 3.00. The van der Waals surface area contributed by atoms with Gasteiger partial charge in [-0.1, -0.05) is 12.5 Å². The normalized spacial score (nSPS) is 34.3. The van der Waals surface area contributed by atoms with E-state index in [1.54, 1.807) is 6.20 Å². The van der Waals surface area contributed by atoms with Crippen LogP contribution in [0.15, 0.2) is 18.3 Å². The molecule has 0 radical (unpaired) electrons. The molecule has 2 bridgehead atoms. The second-order valence-electron chi connectivity index (χ2n) is 4.66. The van der Waals surface area contributed by atoms with Gasteiger partial charge in [0.1, 0.15) is 0 Å². The molecule has 3 heteroatoms. The molecule has 2 nitrogen and oxygen atoms in total. The van der Waals surface area contributed by atoms with E-state index in [9.17, 15) is 4.39 Å². The lowest BCUT2D eigenvalue weighted by Crippen LogP contribution is -2.34. The Morgan fingerprint density at radius 2 is 2.27 bits per heavy atom. The van der Waals surface area contributed by atoms with E-state index in [-0.39, 0.29) is 5.95 Å². The Kier molecular flexibility index (Phi) is 2.20. The van der Waals surface area contributed by atoms with Crippen molar-refractivity contribution in [2.24, 2.45) is 0 Å². The fourth-order valence-electron chi connectivity index (χ4n) is 3.00. The molecule has 2 aliphatic rings. The third-order valence-corrected chi connectivity index (χ3v) is 3.72. The molecular weight excluding hydrogens is 190 g/mol. The molecule has 1 aromatic heterocycles. The number of rotatable bonds is 1. The Balaban J connectivity index is 1.85. The molecule has 15 heavy (non-hydrogen) atoms. The molecule has 2 fully saturated rings. The topological polar surface area (TPSA) is 24.9 Å². The van der Waals surface area contributed by atoms with E-state index >= 15 is 0 Å². The molecule has 2 aliphatic heterocycles. The van der Waals surface area contributed by atoms with E-state index < -0.39 is 0 Å². The Labute approximate surface area is 88.9 Å². The maximum atomic E-state index is 12.7. The Bertz CT molecular complexity index is 349. The van der Waals surface area contributed by atoms with E-state index in [1.165, 1.54) is 37.3 Å². The lowest BCUT2D eigenvalue weighted by atomic mass is 9.92. The lowest BCUT2D eigenvalue weighted by Gasteiger charge is -2.22. The van der Waals surface area contributed by atoms with Crippen LogP contribution in [-0.2, 0) is 0 Å². The first-order chi connectivity index (χ1) is 7.33. The van der Waals surface area contributed by atoms with Crippen LogP contribution in [0.3, 0.4) is 0 Å². The molecule has 3 heterocycles. The van der Waals surface area contributed by atoms with Crippen molar-refractivity contribution in [1.82, 2.24) is 10.3 Å². The highest BCUT2D eigenvalue weighted by Gasteiger charge is 2.37. The number of hydrogen-bond donors (Lipinski definition) is 1. The zero-order valence-corrected chi connectivity index (χ0v) is 8.62. The number of piperidine rings is 1. The minimum absolute atomic E-state index is 0.382. The molecule has 1 aromatic rings. The van der Waals surface area contributed by atoms with Crippen LogP contribution in [0.1, 0.15) is 37.2 Å². The first kappa shape index (κ1) is 9.28. The summed E-state index contributed by atoms with van der Waals surface area (Å²) in [6, 6.07) is 4.63. The van der Waals surface area contributed by atoms with Crippen LogP contribution in [0.4, 0.5) is 4.39 Å². The van der Waals surface area contributed by atoms with Crippen LogP contribution >= 0.6 is 0 Å². The van der Waals surface area contributed by atoms with Gasteiger partial charge in [-0.25, -0.2) is 4.98 Å². The number of pyridine rings is 1. The third-order valence-electron chi connectivity index (χ3n) is 3.72. The zero-order chi connectivity index (χ0) is 10.3. The monoisotopic (exact) mass is 205 g/mol. The first-order valence-corrected chi connectivity index (χ1v) is 5.70. The highest BCUT2D eigenvalue weighted by molar-refractivity contribution is 5.21. The van der Waals surface area contributed by atoms with Crippen molar-refractivity contribution < 1.29 is 4.39 Å². The Hall–Kier alpha value is -0.960. The molecule has 3 atom stereocenters. The number of fused-ring (bicyclic) bond motifs is 2. The second kappa shape index (κ2) is 3.56. The summed E-state index contributed by atoms with van der Waals surface area (Å²) in [5.74, 6) is 0.165. The SMILES string of the molecule is [18F]c1ccc([C@@H]2CC3CCCC2N3)cn1. The van der Waals surface area contributed by atoms with Crippen LogP contribution < -0.4 is 5.32 Å². The van der Waals surface area contributed by atoms with E-state index in [4.69, 9.17) is 0 Å². The van der Waals surface area contributed by atoms with Crippen molar-refractivity contribution in [2.75, 3.05) is 0 Å². The van der Waals surface area contributed by atoms with Crippen molar-refractivity contribution in [1.29, 1.82) is 0 Å². The Morgan fingerprint density at radius 3 is 3.00 bits per heavy atom. The number of nitrogens with zero attached hydrogens (tertiary/aromatic N) is 1. The van der Waals surface area contributed by atoms with Gasteiger partial charge < -0.3 is 5.32 Å². The van der Waals surface area contributed by atoms with Crippen molar-refractivity contribution >= 4 is 0 Å². The predicted octanol–water partition coefficient (Wildman–Crippen LogP) is 2.22. The molecule has 0 aromatic carbocycles. The number of hydrogen-bond acceptors (Lipinski definition) is 2. The van der Waals surface area contributed by atoms with Gasteiger partial charge in [0.15, 0.2) is 0 Å². The maximum Gasteiger partial charge on any atom is 0.212 e. The lowest BCUT2D eigenvalue weighted by molar-refractivity contribution is 0.397. The van der Waals surface area contributed by atoms with E-state index in [1.807, 2.05) is 6.07 Å². The predicted molar refractivity (Wildman–Crippen MR) is 56.1 cm³/mol. The molecule has 0 saturated carbocycles. The summed E-state index contributed by atoms with van der Waals surface area (Å²) in [4.78, 5) is 3.74. The molecule has 0 amide bonds. The summed E-state index contributed by atoms with van der Waals surface area (Å²) in [5.41, 5.74) is 1.19. The molecule has 3 rings (SSSR count). The highest BCUT2D eigenvalue weighted by atomic mass is 18.2. The zero-order valence-electron chi connectivity index (χ0n) is 8.62. The van der Waals surface area contributed by atoms with Gasteiger partial charge in [-0.05, 0) is 30.9 Å². The fraction of sp³-hybridized carbons (Fsp3) is 0.583. The standard InChI is InChI=1S/C12H15FN2/c13-12-5-4-8(7-14-12)10-6-9-2-1-3-11(10)15-9/h4-5,7,9-11,15H,1-3,6H2/t9?,10-,11?/m0/s1/i13-1. The van der Waals surface area contributed by atoms with Crippen molar-refractivity contribution in [3.8, 4) is 0 Å². The van der Waals surface area contributed by atoms with Crippen LogP contribution in [0, 0.1) is 5.95 Å². The first-order valence-electron chi connectivity index (χ1n) is 5.70. The summed E-state index contributed by atoms with van der Waals surface area (Å²) in [5, 5.41) is 3.63. The molecule has 0 aliphatic carbocycles. The number of halogens is 1. The van der Waals surface area contributed by atoms with Gasteiger partial charge in [0.05, 0.1) is 0 Å². The smallest absolute Gasteiger partial charge is 0.212 e. The van der Waals surface area contributed by atoms with E-state index in [0.717, 1.165) is 0 Å². The molecule has 80 valence electrons. The largest absolute Gasteiger partial charge is 0.311 e. The molecule has 2 saturated heterocycles. The minimum atomic E-state index is -0.382. The highest BCUT2D eigenvalue weighted by Crippen LogP contribution is 2.37. The number of aromatic nitrogens is 1. The summed E-state index contributed by atoms with van der Waals surface area (Å²) in [6.45, 7) is 0. The number of nitrogens with one attached hydrogen (secondary N) is 1. The summed E-state index contributed by atoms with van der Waals surface area (Å²) in [6.07, 6.45) is 6.76. The second-order valence-corrected chi connectivity index (χ2v) is 4.66. The molecule has 1 N–H and O–H groups in total. The van der Waals surface area contributed by atoms with Crippen molar-refractivity contribution in [2.45, 2.75) is 43.7 Å². The summed E-state index contributed by atoms with van der Waals surface area (Å²) in [7, 11) is 0. The molecule has 2 unspecified atom stereocenters. The van der Waals surface area contributed by atoms with Crippen LogP contribution in [0.25, 0.3) is 0 Å². The van der Waals surface area contributed by atoms with Crippen LogP contribution in [-0.4, -0.2) is 17.1 Å². The quantitative estimate of drug-likeness (QED) is 0.711. The van der Waals surface area contributed by atoms with E-state index in [2.05, 4.69) is 10.3 Å². The third kappa shape index (κ3) is 1.65. The van der Waals surface area contributed by atoms with Gasteiger partial charge in [-0.3, -0.25) is 0 Å². The van der Waals surface area contributed by atoms with Crippen LogP contribution in [0.2, 0.25) is 0 Å². The summed E-state index contributed by atoms with van der Waals surface area (Å²) < 4.78 is 12.7. The Morgan fingerprint density at radius 1 is 1.33 bits per heavy atom. The summed E-state index contributed by atoms with van der Waals surface area (Å²) >= 11 is 0. The average molecular weight is 205 g/mol. The van der Waals surface area contributed by atoms with Crippen LogP contribution in [0.5, 0.6) is 0 Å².